The lowest BCUT2D eigenvalue weighted by Gasteiger charge is -2.20. The first-order chi connectivity index (χ1) is 15.3. The number of halogens is 1. The van der Waals surface area contributed by atoms with Gasteiger partial charge in [-0.2, -0.15) is 0 Å². The standard InChI is InChI=1S/C22H26FN3O6S/c1-13(2)20-18(10-9-16(27)11-17(28)12-19(29)30)21(14-5-7-15(23)8-6-14)25-22(24-20)26(3)33(4,31)32/h5-10,13,16,27H,11-12H2,1-4H3,(H,29,30)/b10-9+/t16-/m0/s1. The lowest BCUT2D eigenvalue weighted by atomic mass is 9.97. The molecule has 0 fully saturated rings. The van der Waals surface area contributed by atoms with Gasteiger partial charge >= 0.3 is 5.97 Å². The molecule has 178 valence electrons. The number of hydrogen-bond donors (Lipinski definition) is 2. The molecule has 0 aliphatic rings. The van der Waals surface area contributed by atoms with Crippen molar-refractivity contribution in [3.63, 3.8) is 0 Å². The highest BCUT2D eigenvalue weighted by atomic mass is 32.2. The molecule has 2 rings (SSSR count). The van der Waals surface area contributed by atoms with Crippen LogP contribution in [0.3, 0.4) is 0 Å². The Bertz CT molecular complexity index is 1160. The molecular weight excluding hydrogens is 453 g/mol. The van der Waals surface area contributed by atoms with Crippen LogP contribution in [0, 0.1) is 5.82 Å². The number of carboxylic acid groups (broad SMARTS) is 1. The number of carbonyl (C=O) groups is 2. The summed E-state index contributed by atoms with van der Waals surface area (Å²) in [7, 11) is -2.35. The molecule has 0 bridgehead atoms. The smallest absolute Gasteiger partial charge is 0.310 e. The highest BCUT2D eigenvalue weighted by molar-refractivity contribution is 7.92. The van der Waals surface area contributed by atoms with Crippen molar-refractivity contribution in [1.82, 2.24) is 9.97 Å². The van der Waals surface area contributed by atoms with Crippen molar-refractivity contribution >= 4 is 33.8 Å². The monoisotopic (exact) mass is 479 g/mol. The number of aliphatic carboxylic acids is 1. The van der Waals surface area contributed by atoms with Crippen LogP contribution in [0.1, 0.15) is 43.9 Å². The van der Waals surface area contributed by atoms with Crippen LogP contribution < -0.4 is 4.31 Å². The van der Waals surface area contributed by atoms with Gasteiger partial charge in [-0.1, -0.05) is 26.0 Å². The number of anilines is 1. The van der Waals surface area contributed by atoms with E-state index in [0.717, 1.165) is 10.6 Å². The number of benzene rings is 1. The average molecular weight is 480 g/mol. The number of aliphatic hydroxyl groups excluding tert-OH is 1. The molecule has 0 spiro atoms. The fourth-order valence-electron chi connectivity index (χ4n) is 2.95. The minimum Gasteiger partial charge on any atom is -0.481 e. The number of Topliss-reactive ketones (excluding diaryl/α,β-unsaturated/α-hetero) is 1. The molecule has 0 unspecified atom stereocenters. The van der Waals surface area contributed by atoms with Gasteiger partial charge in [0.05, 0.1) is 23.7 Å². The Morgan fingerprint density at radius 2 is 1.79 bits per heavy atom. The quantitative estimate of drug-likeness (QED) is 0.496. The Morgan fingerprint density at radius 3 is 2.30 bits per heavy atom. The van der Waals surface area contributed by atoms with E-state index in [1.165, 1.54) is 43.5 Å². The number of aromatic nitrogens is 2. The first-order valence-electron chi connectivity index (χ1n) is 10.0. The molecule has 9 nitrogen and oxygen atoms in total. The number of aliphatic hydroxyl groups is 1. The summed E-state index contributed by atoms with van der Waals surface area (Å²) in [5.74, 6) is -2.64. The van der Waals surface area contributed by atoms with Crippen molar-refractivity contribution in [1.29, 1.82) is 0 Å². The summed E-state index contributed by atoms with van der Waals surface area (Å²) >= 11 is 0. The maximum absolute atomic E-state index is 13.5. The molecule has 0 amide bonds. The van der Waals surface area contributed by atoms with Gasteiger partial charge in [-0.05, 0) is 30.2 Å². The lowest BCUT2D eigenvalue weighted by Crippen LogP contribution is -2.27. The van der Waals surface area contributed by atoms with E-state index in [-0.39, 0.29) is 18.3 Å². The van der Waals surface area contributed by atoms with E-state index in [1.54, 1.807) is 0 Å². The molecule has 1 heterocycles. The maximum Gasteiger partial charge on any atom is 0.310 e. The van der Waals surface area contributed by atoms with E-state index in [4.69, 9.17) is 5.11 Å². The number of carboxylic acids is 1. The Kier molecular flexibility index (Phi) is 8.39. The number of hydrogen-bond acceptors (Lipinski definition) is 7. The molecule has 11 heteroatoms. The van der Waals surface area contributed by atoms with Gasteiger partial charge < -0.3 is 10.2 Å². The predicted molar refractivity (Wildman–Crippen MR) is 122 cm³/mol. The van der Waals surface area contributed by atoms with Gasteiger partial charge in [0.25, 0.3) is 0 Å². The van der Waals surface area contributed by atoms with Crippen LogP contribution in [-0.4, -0.2) is 59.8 Å². The van der Waals surface area contributed by atoms with Gasteiger partial charge in [0.15, 0.2) is 0 Å². The maximum atomic E-state index is 13.5. The molecule has 1 aromatic heterocycles. The summed E-state index contributed by atoms with van der Waals surface area (Å²) in [5, 5.41) is 18.9. The summed E-state index contributed by atoms with van der Waals surface area (Å²) in [6.07, 6.45) is 1.49. The number of ketones is 1. The molecule has 0 saturated carbocycles. The fraction of sp³-hybridized carbons (Fsp3) is 0.364. The molecule has 33 heavy (non-hydrogen) atoms. The van der Waals surface area contributed by atoms with Crippen molar-refractivity contribution in [2.24, 2.45) is 0 Å². The molecule has 0 aliphatic heterocycles. The third kappa shape index (κ3) is 7.16. The molecular formula is C22H26FN3O6S. The zero-order valence-corrected chi connectivity index (χ0v) is 19.5. The Balaban J connectivity index is 2.62. The van der Waals surface area contributed by atoms with Crippen LogP contribution in [0.15, 0.2) is 30.3 Å². The zero-order chi connectivity index (χ0) is 24.9. The number of carbonyl (C=O) groups excluding carboxylic acids is 1. The Hall–Kier alpha value is -3.18. The third-order valence-electron chi connectivity index (χ3n) is 4.68. The molecule has 0 radical (unpaired) electrons. The van der Waals surface area contributed by atoms with Crippen LogP contribution in [-0.2, 0) is 19.6 Å². The van der Waals surface area contributed by atoms with E-state index in [9.17, 15) is 27.5 Å². The summed E-state index contributed by atoms with van der Waals surface area (Å²) in [4.78, 5) is 31.2. The SMILES string of the molecule is CC(C)c1nc(N(C)S(C)(=O)=O)nc(-c2ccc(F)cc2)c1/C=C/[C@H](O)CC(=O)CC(=O)O. The van der Waals surface area contributed by atoms with Gasteiger partial charge in [-0.3, -0.25) is 9.59 Å². The van der Waals surface area contributed by atoms with Crippen LogP contribution in [0.5, 0.6) is 0 Å². The van der Waals surface area contributed by atoms with Crippen molar-refractivity contribution in [3.05, 3.63) is 47.4 Å². The third-order valence-corrected chi connectivity index (χ3v) is 5.84. The number of sulfonamides is 1. The van der Waals surface area contributed by atoms with E-state index in [2.05, 4.69) is 9.97 Å². The largest absolute Gasteiger partial charge is 0.481 e. The Morgan fingerprint density at radius 1 is 1.18 bits per heavy atom. The van der Waals surface area contributed by atoms with Crippen LogP contribution >= 0.6 is 0 Å². The Labute approximate surface area is 191 Å². The highest BCUT2D eigenvalue weighted by Crippen LogP contribution is 2.31. The summed E-state index contributed by atoms with van der Waals surface area (Å²) < 4.78 is 38.5. The minimum absolute atomic E-state index is 0.0742. The fourth-order valence-corrected chi connectivity index (χ4v) is 3.32. The lowest BCUT2D eigenvalue weighted by molar-refractivity contribution is -0.140. The van der Waals surface area contributed by atoms with Crippen molar-refractivity contribution < 1.29 is 32.6 Å². The topological polar surface area (TPSA) is 138 Å². The van der Waals surface area contributed by atoms with Gasteiger partial charge in [0.2, 0.25) is 16.0 Å². The van der Waals surface area contributed by atoms with Gasteiger partial charge in [-0.25, -0.2) is 27.1 Å². The second kappa shape index (κ2) is 10.6. The second-order valence-electron chi connectivity index (χ2n) is 7.80. The predicted octanol–water partition coefficient (Wildman–Crippen LogP) is 2.61. The van der Waals surface area contributed by atoms with E-state index >= 15 is 0 Å². The molecule has 2 N–H and O–H groups in total. The first kappa shape index (κ1) is 26.1. The molecule has 0 aliphatic carbocycles. The van der Waals surface area contributed by atoms with E-state index in [0.29, 0.717) is 22.5 Å². The summed E-state index contributed by atoms with van der Waals surface area (Å²) in [5.41, 5.74) is 1.71. The van der Waals surface area contributed by atoms with Gasteiger partial charge in [0.1, 0.15) is 18.0 Å². The molecule has 1 aromatic carbocycles. The minimum atomic E-state index is -3.66. The second-order valence-corrected chi connectivity index (χ2v) is 9.82. The van der Waals surface area contributed by atoms with Crippen LogP contribution in [0.2, 0.25) is 0 Å². The van der Waals surface area contributed by atoms with E-state index in [1.807, 2.05) is 13.8 Å². The van der Waals surface area contributed by atoms with Crippen molar-refractivity contribution in [2.75, 3.05) is 17.6 Å². The molecule has 2 aromatic rings. The van der Waals surface area contributed by atoms with Gasteiger partial charge in [-0.15, -0.1) is 0 Å². The average Bonchev–Trinajstić information content (AvgIpc) is 2.70. The normalized spacial score (nSPS) is 12.8. The first-order valence-corrected chi connectivity index (χ1v) is 11.9. The van der Waals surface area contributed by atoms with Crippen molar-refractivity contribution in [3.8, 4) is 11.3 Å². The summed E-state index contributed by atoms with van der Waals surface area (Å²) in [6, 6.07) is 5.44. The molecule has 1 atom stereocenters. The zero-order valence-electron chi connectivity index (χ0n) is 18.7. The van der Waals surface area contributed by atoms with Gasteiger partial charge in [0, 0.05) is 24.6 Å². The van der Waals surface area contributed by atoms with Crippen molar-refractivity contribution in [2.45, 2.75) is 38.7 Å². The molecule has 0 saturated heterocycles. The van der Waals surface area contributed by atoms with Crippen LogP contribution in [0.4, 0.5) is 10.3 Å². The van der Waals surface area contributed by atoms with E-state index < -0.39 is 40.1 Å². The van der Waals surface area contributed by atoms with Crippen LogP contribution in [0.25, 0.3) is 17.3 Å². The summed E-state index contributed by atoms with van der Waals surface area (Å²) in [6.45, 7) is 3.68. The number of rotatable bonds is 10. The highest BCUT2D eigenvalue weighted by Gasteiger charge is 2.22. The number of nitrogens with zero attached hydrogens (tertiary/aromatic N) is 3.